The van der Waals surface area contributed by atoms with Gasteiger partial charge in [-0.05, 0) is 93.2 Å². The molecular weight excluding hydrogens is 551 g/mol. The van der Waals surface area contributed by atoms with E-state index in [0.717, 1.165) is 66.8 Å². The maximum absolute atomic E-state index is 10.1. The van der Waals surface area contributed by atoms with Crippen molar-refractivity contribution in [3.05, 3.63) is 53.0 Å². The minimum absolute atomic E-state index is 0.145. The largest absolute Gasteiger partial charge is 0.416 e. The summed E-state index contributed by atoms with van der Waals surface area (Å²) in [5.74, 6) is 1.12. The van der Waals surface area contributed by atoms with Crippen LogP contribution in [-0.2, 0) is 29.2 Å². The van der Waals surface area contributed by atoms with Crippen LogP contribution in [0.3, 0.4) is 0 Å². The quantitative estimate of drug-likeness (QED) is 0.217. The van der Waals surface area contributed by atoms with Crippen molar-refractivity contribution in [2.75, 3.05) is 32.6 Å². The number of aromatic nitrogens is 4. The molecule has 1 aromatic carbocycles. The molecule has 0 bridgehead atoms. The Balaban J connectivity index is 1.64. The van der Waals surface area contributed by atoms with Crippen LogP contribution in [0.15, 0.2) is 30.6 Å². The number of nitriles is 1. The van der Waals surface area contributed by atoms with Crippen LogP contribution in [-0.4, -0.2) is 60.2 Å². The van der Waals surface area contributed by atoms with E-state index in [4.69, 9.17) is 14.5 Å². The highest BCUT2D eigenvalue weighted by Gasteiger charge is 2.42. The van der Waals surface area contributed by atoms with Gasteiger partial charge in [-0.2, -0.15) is 10.4 Å². The zero-order valence-corrected chi connectivity index (χ0v) is 29.0. The maximum Gasteiger partial charge on any atom is 0.227 e. The van der Waals surface area contributed by atoms with Gasteiger partial charge in [0.25, 0.3) is 0 Å². The average Bonchev–Trinajstić information content (AvgIpc) is 3.48. The first-order chi connectivity index (χ1) is 20.1. The summed E-state index contributed by atoms with van der Waals surface area (Å²) < 4.78 is 8.83. The first-order valence-corrected chi connectivity index (χ1v) is 18.6. The highest BCUT2D eigenvalue weighted by molar-refractivity contribution is 6.74. The lowest BCUT2D eigenvalue weighted by atomic mass is 9.83. The van der Waals surface area contributed by atoms with E-state index in [1.54, 1.807) is 6.20 Å². The third kappa shape index (κ3) is 7.54. The molecule has 0 spiro atoms. The molecule has 0 saturated carbocycles. The second-order valence-electron chi connectivity index (χ2n) is 14.6. The number of hydrogen-bond donors (Lipinski definition) is 1. The molecule has 1 aliphatic rings. The van der Waals surface area contributed by atoms with Gasteiger partial charge in [0, 0.05) is 30.3 Å². The molecule has 0 fully saturated rings. The standard InChI is InChI=1S/C34H51N7OSi/c1-24(2)11-12-31-30(22-37-41(31)18-17-40(7)8)39-32-36-16-14-29(38-32)25-19-26(21-35)27-13-15-34(6,28(27)20-25)23-42-43(9,10)33(3,4)5/h14,16,19-20,22,24H,11-13,15,17-18,23H2,1-10H3,(H,36,38,39). The highest BCUT2D eigenvalue weighted by atomic mass is 28.4. The number of nitrogens with one attached hydrogen (secondary N) is 1. The normalized spacial score (nSPS) is 17.0. The lowest BCUT2D eigenvalue weighted by Crippen LogP contribution is -2.44. The van der Waals surface area contributed by atoms with Crippen molar-refractivity contribution in [2.24, 2.45) is 5.92 Å². The topological polar surface area (TPSA) is 91.9 Å². The summed E-state index contributed by atoms with van der Waals surface area (Å²) in [6, 6.07) is 8.62. The van der Waals surface area contributed by atoms with E-state index in [9.17, 15) is 5.26 Å². The Morgan fingerprint density at radius 2 is 1.98 bits per heavy atom. The van der Waals surface area contributed by atoms with Crippen LogP contribution in [0.2, 0.25) is 18.1 Å². The summed E-state index contributed by atoms with van der Waals surface area (Å²) in [6.45, 7) is 20.6. The van der Waals surface area contributed by atoms with Crippen LogP contribution in [0.4, 0.5) is 11.6 Å². The van der Waals surface area contributed by atoms with Gasteiger partial charge in [0.2, 0.25) is 5.95 Å². The minimum Gasteiger partial charge on any atom is -0.416 e. The molecule has 232 valence electrons. The Morgan fingerprint density at radius 3 is 2.63 bits per heavy atom. The number of rotatable bonds is 12. The fraction of sp³-hybridized carbons (Fsp3) is 0.588. The Kier molecular flexibility index (Phi) is 9.84. The van der Waals surface area contributed by atoms with Gasteiger partial charge in [0.05, 0.1) is 41.4 Å². The molecule has 1 aliphatic carbocycles. The minimum atomic E-state index is -1.91. The fourth-order valence-electron chi connectivity index (χ4n) is 5.36. The molecule has 1 N–H and O–H groups in total. The molecule has 43 heavy (non-hydrogen) atoms. The van der Waals surface area contributed by atoms with Crippen molar-refractivity contribution in [3.63, 3.8) is 0 Å². The van der Waals surface area contributed by atoms with E-state index >= 15 is 0 Å². The Labute approximate surface area is 260 Å². The lowest BCUT2D eigenvalue weighted by Gasteiger charge is -2.39. The van der Waals surface area contributed by atoms with Crippen LogP contribution in [0.5, 0.6) is 0 Å². The van der Waals surface area contributed by atoms with Crippen LogP contribution in [0, 0.1) is 17.2 Å². The first kappa shape index (κ1) is 32.8. The molecule has 8 nitrogen and oxygen atoms in total. The van der Waals surface area contributed by atoms with E-state index in [2.05, 4.69) is 101 Å². The molecule has 0 radical (unpaired) electrons. The van der Waals surface area contributed by atoms with Gasteiger partial charge in [0.15, 0.2) is 8.32 Å². The molecule has 3 aromatic rings. The van der Waals surface area contributed by atoms with Crippen LogP contribution < -0.4 is 5.32 Å². The van der Waals surface area contributed by atoms with Gasteiger partial charge in [-0.15, -0.1) is 0 Å². The smallest absolute Gasteiger partial charge is 0.227 e. The Hall–Kier alpha value is -3.06. The predicted octanol–water partition coefficient (Wildman–Crippen LogP) is 7.33. The van der Waals surface area contributed by atoms with E-state index < -0.39 is 8.32 Å². The first-order valence-electron chi connectivity index (χ1n) is 15.6. The number of nitrogens with zero attached hydrogens (tertiary/aromatic N) is 6. The molecule has 9 heteroatoms. The molecule has 0 saturated heterocycles. The summed E-state index contributed by atoms with van der Waals surface area (Å²) >= 11 is 0. The van der Waals surface area contributed by atoms with Gasteiger partial charge < -0.3 is 14.6 Å². The third-order valence-electron chi connectivity index (χ3n) is 9.37. The van der Waals surface area contributed by atoms with Crippen LogP contribution in [0.25, 0.3) is 11.3 Å². The molecule has 2 heterocycles. The summed E-state index contributed by atoms with van der Waals surface area (Å²) in [5.41, 5.74) is 6.79. The third-order valence-corrected chi connectivity index (χ3v) is 13.8. The molecule has 1 atom stereocenters. The van der Waals surface area contributed by atoms with Crippen molar-refractivity contribution in [2.45, 2.75) is 97.3 Å². The van der Waals surface area contributed by atoms with E-state index in [1.807, 2.05) is 18.3 Å². The highest BCUT2D eigenvalue weighted by Crippen LogP contribution is 2.45. The Bertz CT molecular complexity index is 1460. The van der Waals surface area contributed by atoms with Gasteiger partial charge in [-0.1, -0.05) is 41.5 Å². The van der Waals surface area contributed by atoms with Crippen LogP contribution in [0.1, 0.15) is 76.8 Å². The number of fused-ring (bicyclic) bond motifs is 1. The Morgan fingerprint density at radius 1 is 1.23 bits per heavy atom. The maximum atomic E-state index is 10.1. The molecule has 1 unspecified atom stereocenters. The second kappa shape index (κ2) is 12.9. The summed E-state index contributed by atoms with van der Waals surface area (Å²) in [4.78, 5) is 11.6. The van der Waals surface area contributed by atoms with Gasteiger partial charge in [0.1, 0.15) is 0 Å². The SMILES string of the molecule is CC(C)CCc1c(Nc2nccc(-c3cc(C#N)c4c(c3)C(C)(CO[Si](C)(C)C(C)(C)C)CC4)n2)cnn1CCN(C)C. The number of anilines is 2. The van der Waals surface area contributed by atoms with Crippen molar-refractivity contribution in [3.8, 4) is 17.3 Å². The number of benzene rings is 1. The average molecular weight is 602 g/mol. The van der Waals surface area contributed by atoms with Gasteiger partial charge in [-0.25, -0.2) is 9.97 Å². The van der Waals surface area contributed by atoms with Crippen molar-refractivity contribution >= 4 is 20.0 Å². The van der Waals surface area contributed by atoms with Gasteiger partial charge >= 0.3 is 0 Å². The molecular formula is C34H51N7OSi. The van der Waals surface area contributed by atoms with Crippen molar-refractivity contribution < 1.29 is 4.43 Å². The summed E-state index contributed by atoms with van der Waals surface area (Å²) in [7, 11) is 2.25. The van der Waals surface area contributed by atoms with Crippen molar-refractivity contribution in [1.82, 2.24) is 24.6 Å². The summed E-state index contributed by atoms with van der Waals surface area (Å²) in [5, 5.41) is 18.4. The summed E-state index contributed by atoms with van der Waals surface area (Å²) in [6.07, 6.45) is 7.55. The van der Waals surface area contributed by atoms with E-state index in [-0.39, 0.29) is 10.5 Å². The lowest BCUT2D eigenvalue weighted by molar-refractivity contribution is 0.208. The number of likely N-dealkylation sites (N-methyl/N-ethyl adjacent to an activating group) is 1. The number of hydrogen-bond acceptors (Lipinski definition) is 7. The van der Waals surface area contributed by atoms with E-state index in [0.29, 0.717) is 18.5 Å². The fourth-order valence-corrected chi connectivity index (χ4v) is 6.47. The molecule has 4 rings (SSSR count). The van der Waals surface area contributed by atoms with Crippen LogP contribution >= 0.6 is 0 Å². The second-order valence-corrected chi connectivity index (χ2v) is 19.4. The molecule has 2 aromatic heterocycles. The molecule has 0 aliphatic heterocycles. The zero-order chi connectivity index (χ0) is 31.6. The van der Waals surface area contributed by atoms with Crippen molar-refractivity contribution in [1.29, 1.82) is 5.26 Å². The van der Waals surface area contributed by atoms with Gasteiger partial charge in [-0.3, -0.25) is 4.68 Å². The molecule has 0 amide bonds. The van der Waals surface area contributed by atoms with E-state index in [1.165, 1.54) is 11.3 Å². The predicted molar refractivity (Wildman–Crippen MR) is 178 cm³/mol. The monoisotopic (exact) mass is 601 g/mol. The zero-order valence-electron chi connectivity index (χ0n) is 28.0.